The van der Waals surface area contributed by atoms with Gasteiger partial charge in [0.1, 0.15) is 18.1 Å². The van der Waals surface area contributed by atoms with Crippen molar-refractivity contribution in [2.75, 3.05) is 12.0 Å². The number of thioether (sulfide) groups is 1. The molecule has 0 bridgehead atoms. The third kappa shape index (κ3) is 9.89. The van der Waals surface area contributed by atoms with Gasteiger partial charge < -0.3 is 42.6 Å². The lowest BCUT2D eigenvalue weighted by Crippen LogP contribution is -2.57. The Morgan fingerprint density at radius 1 is 0.925 bits per heavy atom. The molecule has 2 rings (SSSR count). The number of aromatic amines is 1. The predicted octanol–water partition coefficient (Wildman–Crippen LogP) is -0.930. The minimum absolute atomic E-state index is 0.0245. The van der Waals surface area contributed by atoms with Crippen LogP contribution < -0.4 is 27.4 Å². The number of fused-ring (bicyclic) bond motifs is 1. The summed E-state index contributed by atoms with van der Waals surface area (Å²) >= 11 is 1.39. The standard InChI is InChI=1S/C25H34N6O8S/c1-40-9-8-18(30-23(36)17(6-7-21(33)34)29-22(35)15(26)11-20(27)32)24(37)31-19(25(38)39)10-13-12-28-16-5-3-2-4-14(13)16/h2-5,12,15,17-19,28H,6-11,26H2,1H3,(H2,27,32)(H,29,35)(H,30,36)(H,31,37)(H,33,34)(H,38,39). The molecule has 4 unspecified atom stereocenters. The van der Waals surface area contributed by atoms with E-state index in [1.807, 2.05) is 24.3 Å². The summed E-state index contributed by atoms with van der Waals surface area (Å²) in [4.78, 5) is 75.9. The van der Waals surface area contributed by atoms with Crippen LogP contribution in [0.25, 0.3) is 10.9 Å². The minimum Gasteiger partial charge on any atom is -0.481 e. The largest absolute Gasteiger partial charge is 0.481 e. The molecule has 40 heavy (non-hydrogen) atoms. The van der Waals surface area contributed by atoms with Gasteiger partial charge in [-0.25, -0.2) is 4.79 Å². The summed E-state index contributed by atoms with van der Waals surface area (Å²) in [5, 5.41) is 26.9. The molecule has 2 aromatic rings. The number of carboxylic acid groups (broad SMARTS) is 2. The Morgan fingerprint density at radius 3 is 2.12 bits per heavy atom. The van der Waals surface area contributed by atoms with Gasteiger partial charge in [-0.05, 0) is 36.5 Å². The Morgan fingerprint density at radius 2 is 1.52 bits per heavy atom. The van der Waals surface area contributed by atoms with Gasteiger partial charge in [-0.3, -0.25) is 24.0 Å². The number of para-hydroxylation sites is 1. The van der Waals surface area contributed by atoms with Gasteiger partial charge in [-0.15, -0.1) is 0 Å². The smallest absolute Gasteiger partial charge is 0.326 e. The topological polar surface area (TPSA) is 247 Å². The highest BCUT2D eigenvalue weighted by atomic mass is 32.2. The average molecular weight is 579 g/mol. The van der Waals surface area contributed by atoms with E-state index in [2.05, 4.69) is 20.9 Å². The van der Waals surface area contributed by atoms with E-state index in [1.165, 1.54) is 11.8 Å². The van der Waals surface area contributed by atoms with Crippen LogP contribution in [0.1, 0.15) is 31.2 Å². The molecule has 14 nitrogen and oxygen atoms in total. The number of carbonyl (C=O) groups excluding carboxylic acids is 4. The van der Waals surface area contributed by atoms with Crippen molar-refractivity contribution in [3.05, 3.63) is 36.0 Å². The number of benzene rings is 1. The van der Waals surface area contributed by atoms with Gasteiger partial charge in [0, 0.05) is 29.9 Å². The predicted molar refractivity (Wildman–Crippen MR) is 147 cm³/mol. The Labute approximate surface area is 234 Å². The van der Waals surface area contributed by atoms with E-state index < -0.39 is 72.6 Å². The molecular formula is C25H34N6O8S. The van der Waals surface area contributed by atoms with Crippen molar-refractivity contribution < 1.29 is 39.0 Å². The van der Waals surface area contributed by atoms with Gasteiger partial charge in [-0.1, -0.05) is 18.2 Å². The van der Waals surface area contributed by atoms with E-state index in [1.54, 1.807) is 12.5 Å². The van der Waals surface area contributed by atoms with Crippen LogP contribution in [0, 0.1) is 0 Å². The van der Waals surface area contributed by atoms with Gasteiger partial charge in [-0.2, -0.15) is 11.8 Å². The number of H-pyrrole nitrogens is 1. The van der Waals surface area contributed by atoms with Crippen molar-refractivity contribution >= 4 is 58.2 Å². The molecule has 0 radical (unpaired) electrons. The number of hydrogen-bond acceptors (Lipinski definition) is 8. The second-order valence-electron chi connectivity index (χ2n) is 9.08. The quantitative estimate of drug-likeness (QED) is 0.114. The number of carbonyl (C=O) groups is 6. The lowest BCUT2D eigenvalue weighted by atomic mass is 10.0. The highest BCUT2D eigenvalue weighted by Crippen LogP contribution is 2.19. The van der Waals surface area contributed by atoms with Gasteiger partial charge in [0.15, 0.2) is 0 Å². The van der Waals surface area contributed by atoms with Crippen LogP contribution in [0.15, 0.2) is 30.5 Å². The molecule has 1 aromatic carbocycles. The third-order valence-corrected chi connectivity index (χ3v) is 6.64. The van der Waals surface area contributed by atoms with E-state index in [-0.39, 0.29) is 19.3 Å². The Bertz CT molecular complexity index is 1230. The van der Waals surface area contributed by atoms with E-state index in [0.29, 0.717) is 11.3 Å². The Kier molecular flexibility index (Phi) is 12.4. The molecule has 0 saturated heterocycles. The zero-order valence-corrected chi connectivity index (χ0v) is 22.7. The van der Waals surface area contributed by atoms with Crippen LogP contribution in [0.4, 0.5) is 0 Å². The first-order valence-corrected chi connectivity index (χ1v) is 13.8. The number of aromatic nitrogens is 1. The molecule has 10 N–H and O–H groups in total. The van der Waals surface area contributed by atoms with Crippen molar-refractivity contribution in [3.63, 3.8) is 0 Å². The number of primary amides is 1. The number of nitrogens with one attached hydrogen (secondary N) is 4. The zero-order valence-electron chi connectivity index (χ0n) is 21.8. The second-order valence-corrected chi connectivity index (χ2v) is 10.1. The summed E-state index contributed by atoms with van der Waals surface area (Å²) in [6.45, 7) is 0. The number of hydrogen-bond donors (Lipinski definition) is 8. The summed E-state index contributed by atoms with van der Waals surface area (Å²) in [6, 6.07) is 2.04. The van der Waals surface area contributed by atoms with Gasteiger partial charge >= 0.3 is 11.9 Å². The number of amides is 4. The molecule has 218 valence electrons. The Balaban J connectivity index is 2.18. The fourth-order valence-corrected chi connectivity index (χ4v) is 4.37. The van der Waals surface area contributed by atoms with Gasteiger partial charge in [0.25, 0.3) is 0 Å². The average Bonchev–Trinajstić information content (AvgIpc) is 3.30. The van der Waals surface area contributed by atoms with Crippen molar-refractivity contribution in [1.29, 1.82) is 0 Å². The maximum Gasteiger partial charge on any atom is 0.326 e. The number of carboxylic acids is 2. The van der Waals surface area contributed by atoms with Crippen LogP contribution >= 0.6 is 11.8 Å². The molecule has 4 atom stereocenters. The molecular weight excluding hydrogens is 544 g/mol. The molecule has 0 fully saturated rings. The highest BCUT2D eigenvalue weighted by molar-refractivity contribution is 7.98. The molecule has 0 saturated carbocycles. The number of aliphatic carboxylic acids is 2. The first kappa shape index (κ1) is 32.1. The second kappa shape index (κ2) is 15.5. The molecule has 0 aliphatic heterocycles. The fraction of sp³-hybridized carbons (Fsp3) is 0.440. The first-order valence-electron chi connectivity index (χ1n) is 12.4. The van der Waals surface area contributed by atoms with Gasteiger partial charge in [0.2, 0.25) is 23.6 Å². The monoisotopic (exact) mass is 578 g/mol. The Hall–Kier alpha value is -4.11. The summed E-state index contributed by atoms with van der Waals surface area (Å²) in [5.41, 5.74) is 12.2. The maximum absolute atomic E-state index is 13.2. The number of nitrogens with two attached hydrogens (primary N) is 2. The zero-order chi connectivity index (χ0) is 29.8. The van der Waals surface area contributed by atoms with Crippen molar-refractivity contribution in [1.82, 2.24) is 20.9 Å². The third-order valence-electron chi connectivity index (χ3n) is 5.99. The van der Waals surface area contributed by atoms with E-state index >= 15 is 0 Å². The molecule has 0 aliphatic carbocycles. The van der Waals surface area contributed by atoms with Crippen LogP contribution in [0.3, 0.4) is 0 Å². The maximum atomic E-state index is 13.2. The number of rotatable bonds is 17. The molecule has 0 spiro atoms. The molecule has 4 amide bonds. The molecule has 1 heterocycles. The van der Waals surface area contributed by atoms with E-state index in [9.17, 15) is 33.9 Å². The van der Waals surface area contributed by atoms with E-state index in [0.717, 1.165) is 10.9 Å². The lowest BCUT2D eigenvalue weighted by molar-refractivity contribution is -0.142. The first-order chi connectivity index (χ1) is 18.9. The molecule has 0 aliphatic rings. The lowest BCUT2D eigenvalue weighted by Gasteiger charge is -2.25. The van der Waals surface area contributed by atoms with Crippen molar-refractivity contribution in [2.45, 2.75) is 56.3 Å². The molecule has 15 heteroatoms. The van der Waals surface area contributed by atoms with Crippen LogP contribution in [0.2, 0.25) is 0 Å². The SMILES string of the molecule is CSCCC(NC(=O)C(CCC(=O)O)NC(=O)C(N)CC(N)=O)C(=O)NC(Cc1c[nH]c2ccccc12)C(=O)O. The summed E-state index contributed by atoms with van der Waals surface area (Å²) in [5.74, 6) is -5.46. The van der Waals surface area contributed by atoms with Crippen LogP contribution in [-0.2, 0) is 35.2 Å². The normalized spacial score (nSPS) is 13.9. The summed E-state index contributed by atoms with van der Waals surface area (Å²) < 4.78 is 0. The summed E-state index contributed by atoms with van der Waals surface area (Å²) in [6.07, 6.45) is 2.23. The van der Waals surface area contributed by atoms with Crippen molar-refractivity contribution in [2.24, 2.45) is 11.5 Å². The van der Waals surface area contributed by atoms with Crippen LogP contribution in [0.5, 0.6) is 0 Å². The highest BCUT2D eigenvalue weighted by Gasteiger charge is 2.31. The fourth-order valence-electron chi connectivity index (χ4n) is 3.89. The van der Waals surface area contributed by atoms with Gasteiger partial charge in [0.05, 0.1) is 12.5 Å². The molecule has 1 aromatic heterocycles. The summed E-state index contributed by atoms with van der Waals surface area (Å²) in [7, 11) is 0. The van der Waals surface area contributed by atoms with E-state index in [4.69, 9.17) is 16.6 Å². The minimum atomic E-state index is -1.39. The van der Waals surface area contributed by atoms with Crippen molar-refractivity contribution in [3.8, 4) is 0 Å². The van der Waals surface area contributed by atoms with Crippen LogP contribution in [-0.4, -0.2) is 86.9 Å².